The highest BCUT2D eigenvalue weighted by Gasteiger charge is 2.33. The van der Waals surface area contributed by atoms with Crippen LogP contribution in [-0.4, -0.2) is 37.9 Å². The molecule has 1 aromatic rings. The molecule has 8 heteroatoms. The van der Waals surface area contributed by atoms with Crippen molar-refractivity contribution in [3.05, 3.63) is 28.2 Å². The minimum absolute atomic E-state index is 0. The number of piperazine rings is 1. The molecule has 0 spiro atoms. The number of sulfonamides is 1. The van der Waals surface area contributed by atoms with Gasteiger partial charge in [-0.2, -0.15) is 4.31 Å². The van der Waals surface area contributed by atoms with E-state index in [1.807, 2.05) is 13.8 Å². The van der Waals surface area contributed by atoms with Gasteiger partial charge in [0.2, 0.25) is 10.0 Å². The van der Waals surface area contributed by atoms with Crippen molar-refractivity contribution in [2.45, 2.75) is 30.8 Å². The molecule has 1 saturated heterocycles. The number of nitrogens with zero attached hydrogens (tertiary/aromatic N) is 1. The second kappa shape index (κ2) is 6.81. The fourth-order valence-corrected chi connectivity index (χ4v) is 4.58. The van der Waals surface area contributed by atoms with Crippen LogP contribution >= 0.6 is 35.6 Å². The van der Waals surface area contributed by atoms with E-state index in [1.165, 1.54) is 22.5 Å². The Balaban J connectivity index is 0.00000200. The van der Waals surface area contributed by atoms with E-state index in [0.717, 1.165) is 0 Å². The number of rotatable bonds is 2. The molecular weight excluding hydrogens is 343 g/mol. The van der Waals surface area contributed by atoms with Gasteiger partial charge < -0.3 is 5.32 Å². The summed E-state index contributed by atoms with van der Waals surface area (Å²) in [6.45, 7) is 4.91. The summed E-state index contributed by atoms with van der Waals surface area (Å²) in [4.78, 5) is 0.144. The Morgan fingerprint density at radius 3 is 2.30 bits per heavy atom. The monoisotopic (exact) mass is 358 g/mol. The van der Waals surface area contributed by atoms with Gasteiger partial charge in [0.15, 0.2) is 0 Å². The van der Waals surface area contributed by atoms with Crippen molar-refractivity contribution in [3.8, 4) is 0 Å². The Hall–Kier alpha value is -0.0400. The third-order valence-corrected chi connectivity index (χ3v) is 5.54. The lowest BCUT2D eigenvalue weighted by molar-refractivity contribution is 0.244. The van der Waals surface area contributed by atoms with E-state index >= 15 is 0 Å². The van der Waals surface area contributed by atoms with Crippen molar-refractivity contribution >= 4 is 45.6 Å². The van der Waals surface area contributed by atoms with Crippen LogP contribution in [0.3, 0.4) is 0 Å². The fourth-order valence-electron chi connectivity index (χ4n) is 2.14. The van der Waals surface area contributed by atoms with Gasteiger partial charge in [0.05, 0.1) is 4.90 Å². The summed E-state index contributed by atoms with van der Waals surface area (Å²) in [5.74, 6) is 0. The highest BCUT2D eigenvalue weighted by molar-refractivity contribution is 7.89. The lowest BCUT2D eigenvalue weighted by atomic mass is 10.2. The van der Waals surface area contributed by atoms with E-state index in [9.17, 15) is 8.42 Å². The predicted molar refractivity (Wildman–Crippen MR) is 84.5 cm³/mol. The van der Waals surface area contributed by atoms with E-state index in [4.69, 9.17) is 23.2 Å². The van der Waals surface area contributed by atoms with Gasteiger partial charge in [0.25, 0.3) is 0 Å². The Kier molecular flexibility index (Phi) is 6.14. The molecule has 1 aromatic carbocycles. The van der Waals surface area contributed by atoms with Crippen LogP contribution < -0.4 is 5.32 Å². The number of benzene rings is 1. The molecule has 0 bridgehead atoms. The Morgan fingerprint density at radius 2 is 1.75 bits per heavy atom. The standard InChI is InChI=1S/C12H16Cl2N2O2S.ClH/c1-8-7-16(9(2)6-15-8)19(17,18)12-4-10(13)3-11(14)5-12;/h3-5,8-9,15H,6-7H2,1-2H3;1H. The minimum Gasteiger partial charge on any atom is -0.311 e. The maximum atomic E-state index is 12.6. The van der Waals surface area contributed by atoms with Gasteiger partial charge in [0.1, 0.15) is 0 Å². The van der Waals surface area contributed by atoms with Gasteiger partial charge in [-0.1, -0.05) is 23.2 Å². The SMILES string of the molecule is CC1CN(S(=O)(=O)c2cc(Cl)cc(Cl)c2)C(C)CN1.Cl. The number of halogens is 3. The third-order valence-electron chi connectivity index (χ3n) is 3.15. The zero-order chi connectivity index (χ0) is 14.2. The van der Waals surface area contributed by atoms with Crippen molar-refractivity contribution in [1.82, 2.24) is 9.62 Å². The largest absolute Gasteiger partial charge is 0.311 e. The molecule has 114 valence electrons. The number of hydrogen-bond donors (Lipinski definition) is 1. The first-order valence-electron chi connectivity index (χ1n) is 6.02. The molecule has 1 heterocycles. The van der Waals surface area contributed by atoms with Crippen LogP contribution in [-0.2, 0) is 10.0 Å². The number of hydrogen-bond acceptors (Lipinski definition) is 3. The van der Waals surface area contributed by atoms with Crippen molar-refractivity contribution in [2.24, 2.45) is 0 Å². The highest BCUT2D eigenvalue weighted by atomic mass is 35.5. The average molecular weight is 360 g/mol. The van der Waals surface area contributed by atoms with Crippen LogP contribution in [0.25, 0.3) is 0 Å². The molecule has 20 heavy (non-hydrogen) atoms. The predicted octanol–water partition coefficient (Wildman–Crippen LogP) is 2.79. The van der Waals surface area contributed by atoms with Gasteiger partial charge in [-0.25, -0.2) is 8.42 Å². The van der Waals surface area contributed by atoms with Crippen molar-refractivity contribution in [2.75, 3.05) is 13.1 Å². The normalized spacial score (nSPS) is 24.2. The van der Waals surface area contributed by atoms with Crippen LogP contribution in [0.5, 0.6) is 0 Å². The smallest absolute Gasteiger partial charge is 0.243 e. The van der Waals surface area contributed by atoms with Crippen molar-refractivity contribution in [1.29, 1.82) is 0 Å². The van der Waals surface area contributed by atoms with Crippen molar-refractivity contribution < 1.29 is 8.42 Å². The topological polar surface area (TPSA) is 49.4 Å². The first kappa shape index (κ1) is 18.0. The molecule has 2 rings (SSSR count). The van der Waals surface area contributed by atoms with E-state index in [0.29, 0.717) is 23.1 Å². The molecule has 0 aromatic heterocycles. The summed E-state index contributed by atoms with van der Waals surface area (Å²) in [6, 6.07) is 4.41. The third kappa shape index (κ3) is 3.78. The van der Waals surface area contributed by atoms with E-state index in [2.05, 4.69) is 5.32 Å². The second-order valence-electron chi connectivity index (χ2n) is 4.84. The molecular formula is C12H17Cl3N2O2S. The average Bonchev–Trinajstić information content (AvgIpc) is 2.31. The molecule has 0 saturated carbocycles. The van der Waals surface area contributed by atoms with Gasteiger partial charge in [-0.05, 0) is 32.0 Å². The Bertz CT molecular complexity index is 560. The molecule has 2 atom stereocenters. The second-order valence-corrected chi connectivity index (χ2v) is 7.60. The van der Waals surface area contributed by atoms with Crippen LogP contribution in [0, 0.1) is 0 Å². The molecule has 4 nitrogen and oxygen atoms in total. The maximum Gasteiger partial charge on any atom is 0.243 e. The highest BCUT2D eigenvalue weighted by Crippen LogP contribution is 2.26. The van der Waals surface area contributed by atoms with Crippen LogP contribution in [0.15, 0.2) is 23.1 Å². The van der Waals surface area contributed by atoms with Gasteiger partial charge >= 0.3 is 0 Å². The summed E-state index contributed by atoms with van der Waals surface area (Å²) in [5, 5.41) is 3.89. The number of nitrogens with one attached hydrogen (secondary N) is 1. The van der Waals surface area contributed by atoms with E-state index in [1.54, 1.807) is 0 Å². The summed E-state index contributed by atoms with van der Waals surface area (Å²) in [7, 11) is -3.56. The van der Waals surface area contributed by atoms with Crippen LogP contribution in [0.1, 0.15) is 13.8 Å². The molecule has 1 aliphatic rings. The fraction of sp³-hybridized carbons (Fsp3) is 0.500. The van der Waals surface area contributed by atoms with Gasteiger partial charge in [-0.3, -0.25) is 0 Å². The van der Waals surface area contributed by atoms with E-state index < -0.39 is 10.0 Å². The first-order valence-corrected chi connectivity index (χ1v) is 8.21. The molecule has 0 aliphatic carbocycles. The molecule has 1 N–H and O–H groups in total. The Labute approximate surface area is 135 Å². The minimum atomic E-state index is -3.56. The molecule has 1 aliphatic heterocycles. The first-order chi connectivity index (χ1) is 8.80. The van der Waals surface area contributed by atoms with E-state index in [-0.39, 0.29) is 29.4 Å². The summed E-state index contributed by atoms with van der Waals surface area (Å²) in [6.07, 6.45) is 0. The van der Waals surface area contributed by atoms with Crippen LogP contribution in [0.4, 0.5) is 0 Å². The summed E-state index contributed by atoms with van der Waals surface area (Å²) >= 11 is 11.8. The summed E-state index contributed by atoms with van der Waals surface area (Å²) in [5.41, 5.74) is 0. The zero-order valence-corrected chi connectivity index (χ0v) is 14.3. The lowest BCUT2D eigenvalue weighted by Crippen LogP contribution is -2.56. The van der Waals surface area contributed by atoms with Crippen LogP contribution in [0.2, 0.25) is 10.0 Å². The molecule has 1 fully saturated rings. The molecule has 0 radical (unpaired) electrons. The molecule has 2 unspecified atom stereocenters. The van der Waals surface area contributed by atoms with Gasteiger partial charge in [-0.15, -0.1) is 12.4 Å². The Morgan fingerprint density at radius 1 is 1.20 bits per heavy atom. The molecule has 0 amide bonds. The van der Waals surface area contributed by atoms with Gasteiger partial charge in [0, 0.05) is 35.2 Å². The lowest BCUT2D eigenvalue weighted by Gasteiger charge is -2.36. The maximum absolute atomic E-state index is 12.6. The van der Waals surface area contributed by atoms with Crippen molar-refractivity contribution in [3.63, 3.8) is 0 Å². The zero-order valence-electron chi connectivity index (χ0n) is 11.1. The summed E-state index contributed by atoms with van der Waals surface area (Å²) < 4.78 is 26.8. The quantitative estimate of drug-likeness (QED) is 0.883.